The van der Waals surface area contributed by atoms with Crippen molar-refractivity contribution in [3.8, 4) is 0 Å². The summed E-state index contributed by atoms with van der Waals surface area (Å²) in [6.45, 7) is 8.49. The first-order valence-corrected chi connectivity index (χ1v) is 8.92. The van der Waals surface area contributed by atoms with E-state index in [2.05, 4.69) is 25.7 Å². The second kappa shape index (κ2) is 14.0. The number of primary amides is 1. The fourth-order valence-electron chi connectivity index (χ4n) is 2.48. The van der Waals surface area contributed by atoms with Gasteiger partial charge in [-0.3, -0.25) is 4.79 Å². The van der Waals surface area contributed by atoms with E-state index in [1.165, 1.54) is 38.5 Å². The molecule has 0 spiro atoms. The van der Waals surface area contributed by atoms with Crippen LogP contribution in [0.25, 0.3) is 0 Å². The number of hydrogen-bond acceptors (Lipinski definition) is 2. The van der Waals surface area contributed by atoms with E-state index in [0.717, 1.165) is 44.5 Å². The third kappa shape index (κ3) is 10.4. The highest BCUT2D eigenvalue weighted by Crippen LogP contribution is 2.12. The molecule has 0 bridgehead atoms. The standard InChI is InChI=1S/C18H36N2O/c1-4-7-10-12-15-20(16-13-11-8-5-2)17(18(19)21)14-9-6-3/h14H,4-13,15-16H2,1-3H3,(H2,19,21)/b17-14+. The van der Waals surface area contributed by atoms with Gasteiger partial charge in [-0.05, 0) is 19.3 Å². The molecule has 0 rings (SSSR count). The summed E-state index contributed by atoms with van der Waals surface area (Å²) < 4.78 is 0. The van der Waals surface area contributed by atoms with Crippen LogP contribution in [-0.4, -0.2) is 23.9 Å². The summed E-state index contributed by atoms with van der Waals surface area (Å²) >= 11 is 0. The maximum Gasteiger partial charge on any atom is 0.264 e. The highest BCUT2D eigenvalue weighted by molar-refractivity contribution is 5.91. The molecule has 0 saturated heterocycles. The molecule has 0 aliphatic rings. The Morgan fingerprint density at radius 2 is 1.38 bits per heavy atom. The minimum Gasteiger partial charge on any atom is -0.367 e. The van der Waals surface area contributed by atoms with Gasteiger partial charge < -0.3 is 10.6 Å². The van der Waals surface area contributed by atoms with Crippen molar-refractivity contribution < 1.29 is 4.79 Å². The Morgan fingerprint density at radius 3 is 1.76 bits per heavy atom. The second-order valence-corrected chi connectivity index (χ2v) is 5.85. The van der Waals surface area contributed by atoms with Crippen LogP contribution in [0.1, 0.15) is 85.0 Å². The molecule has 3 nitrogen and oxygen atoms in total. The van der Waals surface area contributed by atoms with Gasteiger partial charge in [0.2, 0.25) is 0 Å². The molecular formula is C18H36N2O. The normalized spacial score (nSPS) is 11.7. The van der Waals surface area contributed by atoms with Crippen molar-refractivity contribution in [3.63, 3.8) is 0 Å². The summed E-state index contributed by atoms with van der Waals surface area (Å²) in [5.41, 5.74) is 6.33. The van der Waals surface area contributed by atoms with Gasteiger partial charge in [0.05, 0.1) is 5.70 Å². The molecule has 124 valence electrons. The van der Waals surface area contributed by atoms with Crippen LogP contribution in [0.5, 0.6) is 0 Å². The van der Waals surface area contributed by atoms with Crippen LogP contribution in [0, 0.1) is 0 Å². The number of nitrogens with zero attached hydrogens (tertiary/aromatic N) is 1. The van der Waals surface area contributed by atoms with Crippen LogP contribution in [0.4, 0.5) is 0 Å². The topological polar surface area (TPSA) is 46.3 Å². The third-order valence-corrected chi connectivity index (χ3v) is 3.78. The minimum absolute atomic E-state index is 0.269. The highest BCUT2D eigenvalue weighted by Gasteiger charge is 2.13. The molecule has 2 N–H and O–H groups in total. The van der Waals surface area contributed by atoms with E-state index in [1.54, 1.807) is 0 Å². The van der Waals surface area contributed by atoms with E-state index in [4.69, 9.17) is 5.73 Å². The Balaban J connectivity index is 4.52. The predicted molar refractivity (Wildman–Crippen MR) is 92.0 cm³/mol. The largest absolute Gasteiger partial charge is 0.367 e. The fraction of sp³-hybridized carbons (Fsp3) is 0.833. The van der Waals surface area contributed by atoms with Gasteiger partial charge >= 0.3 is 0 Å². The van der Waals surface area contributed by atoms with Gasteiger partial charge in [-0.1, -0.05) is 71.8 Å². The summed E-state index contributed by atoms with van der Waals surface area (Å²) in [7, 11) is 0. The van der Waals surface area contributed by atoms with Crippen LogP contribution in [0.3, 0.4) is 0 Å². The molecule has 0 aromatic carbocycles. The lowest BCUT2D eigenvalue weighted by molar-refractivity contribution is -0.116. The molecule has 0 unspecified atom stereocenters. The quantitative estimate of drug-likeness (QED) is 0.375. The van der Waals surface area contributed by atoms with Crippen molar-refractivity contribution in [2.75, 3.05) is 13.1 Å². The van der Waals surface area contributed by atoms with Crippen molar-refractivity contribution in [2.24, 2.45) is 5.73 Å². The molecule has 0 aliphatic heterocycles. The number of nitrogens with two attached hydrogens (primary N) is 1. The fourth-order valence-corrected chi connectivity index (χ4v) is 2.48. The molecule has 0 aliphatic carbocycles. The van der Waals surface area contributed by atoms with E-state index >= 15 is 0 Å². The number of rotatable bonds is 14. The van der Waals surface area contributed by atoms with Crippen LogP contribution >= 0.6 is 0 Å². The van der Waals surface area contributed by atoms with Gasteiger partial charge in [-0.15, -0.1) is 0 Å². The number of carbonyl (C=O) groups excluding carboxylic acids is 1. The van der Waals surface area contributed by atoms with E-state index < -0.39 is 0 Å². The molecule has 0 radical (unpaired) electrons. The molecule has 0 aromatic heterocycles. The summed E-state index contributed by atoms with van der Waals surface area (Å²) in [5, 5.41) is 0. The van der Waals surface area contributed by atoms with Crippen molar-refractivity contribution >= 4 is 5.91 Å². The first-order chi connectivity index (χ1) is 10.2. The highest BCUT2D eigenvalue weighted by atomic mass is 16.1. The van der Waals surface area contributed by atoms with Crippen LogP contribution in [0.15, 0.2) is 11.8 Å². The molecule has 0 saturated carbocycles. The Bertz CT molecular complexity index is 275. The Labute approximate surface area is 132 Å². The lowest BCUT2D eigenvalue weighted by Crippen LogP contribution is -2.33. The molecule has 0 heterocycles. The first-order valence-electron chi connectivity index (χ1n) is 8.92. The van der Waals surface area contributed by atoms with Crippen molar-refractivity contribution in [1.82, 2.24) is 4.90 Å². The zero-order valence-electron chi connectivity index (χ0n) is 14.5. The summed E-state index contributed by atoms with van der Waals surface area (Å²) in [6, 6.07) is 0. The van der Waals surface area contributed by atoms with E-state index in [9.17, 15) is 4.79 Å². The first kappa shape index (κ1) is 20.0. The van der Waals surface area contributed by atoms with Crippen molar-refractivity contribution in [3.05, 3.63) is 11.8 Å². The Morgan fingerprint density at radius 1 is 0.857 bits per heavy atom. The van der Waals surface area contributed by atoms with Crippen molar-refractivity contribution in [1.29, 1.82) is 0 Å². The monoisotopic (exact) mass is 296 g/mol. The second-order valence-electron chi connectivity index (χ2n) is 5.85. The number of carbonyl (C=O) groups is 1. The van der Waals surface area contributed by atoms with E-state index in [-0.39, 0.29) is 5.91 Å². The maximum absolute atomic E-state index is 11.7. The molecule has 0 aromatic rings. The molecule has 3 heteroatoms. The minimum atomic E-state index is -0.269. The zero-order valence-corrected chi connectivity index (χ0v) is 14.5. The number of hydrogen-bond donors (Lipinski definition) is 1. The van der Waals surface area contributed by atoms with Gasteiger partial charge in [0.15, 0.2) is 0 Å². The third-order valence-electron chi connectivity index (χ3n) is 3.78. The summed E-state index contributed by atoms with van der Waals surface area (Å²) in [4.78, 5) is 14.0. The van der Waals surface area contributed by atoms with Crippen LogP contribution in [-0.2, 0) is 4.79 Å². The number of amides is 1. The Kier molecular flexibility index (Phi) is 13.3. The molecule has 21 heavy (non-hydrogen) atoms. The molecule has 0 fully saturated rings. The SMILES string of the molecule is CCC/C=C(\C(N)=O)N(CCCCCC)CCCCCC. The average Bonchev–Trinajstić information content (AvgIpc) is 2.47. The number of allylic oxidation sites excluding steroid dienone is 1. The zero-order chi connectivity index (χ0) is 15.9. The maximum atomic E-state index is 11.7. The van der Waals surface area contributed by atoms with Crippen LogP contribution < -0.4 is 5.73 Å². The van der Waals surface area contributed by atoms with Gasteiger partial charge in [0.25, 0.3) is 5.91 Å². The number of unbranched alkanes of at least 4 members (excludes halogenated alkanes) is 7. The van der Waals surface area contributed by atoms with E-state index in [1.807, 2.05) is 6.08 Å². The molecule has 0 atom stereocenters. The van der Waals surface area contributed by atoms with Gasteiger partial charge in [0.1, 0.15) is 0 Å². The smallest absolute Gasteiger partial charge is 0.264 e. The predicted octanol–water partition coefficient (Wildman–Crippen LogP) is 4.62. The molecular weight excluding hydrogens is 260 g/mol. The summed E-state index contributed by atoms with van der Waals surface area (Å²) in [6.07, 6.45) is 13.8. The van der Waals surface area contributed by atoms with Gasteiger partial charge in [-0.2, -0.15) is 0 Å². The van der Waals surface area contributed by atoms with Crippen molar-refractivity contribution in [2.45, 2.75) is 85.0 Å². The van der Waals surface area contributed by atoms with Gasteiger partial charge in [0, 0.05) is 13.1 Å². The summed E-state index contributed by atoms with van der Waals surface area (Å²) in [5.74, 6) is -0.269. The van der Waals surface area contributed by atoms with Gasteiger partial charge in [-0.25, -0.2) is 0 Å². The average molecular weight is 296 g/mol. The Hall–Kier alpha value is -0.990. The lowest BCUT2D eigenvalue weighted by Gasteiger charge is -2.26. The van der Waals surface area contributed by atoms with Crippen LogP contribution in [0.2, 0.25) is 0 Å². The molecule has 1 amide bonds. The van der Waals surface area contributed by atoms with E-state index in [0.29, 0.717) is 0 Å². The lowest BCUT2D eigenvalue weighted by atomic mass is 10.1.